The Balaban J connectivity index is 2.89. The predicted molar refractivity (Wildman–Crippen MR) is 66.5 cm³/mol. The second kappa shape index (κ2) is 3.76. The quantitative estimate of drug-likeness (QED) is 0.791. The molecule has 1 aromatic heterocycles. The van der Waals surface area contributed by atoms with E-state index in [2.05, 4.69) is 6.07 Å². The van der Waals surface area contributed by atoms with E-state index >= 15 is 0 Å². The molecule has 0 saturated carbocycles. The third kappa shape index (κ3) is 1.63. The first-order valence-electron chi connectivity index (χ1n) is 5.36. The summed E-state index contributed by atoms with van der Waals surface area (Å²) < 4.78 is 1.66. The Morgan fingerprint density at radius 1 is 1.31 bits per heavy atom. The Hall–Kier alpha value is -1.61. The molecular formula is C13H16N2O. The van der Waals surface area contributed by atoms with E-state index in [1.54, 1.807) is 11.6 Å². The van der Waals surface area contributed by atoms with Crippen LogP contribution in [0.25, 0.3) is 10.9 Å². The third-order valence-electron chi connectivity index (χ3n) is 2.90. The highest BCUT2D eigenvalue weighted by Gasteiger charge is 2.09. The Morgan fingerprint density at radius 3 is 2.62 bits per heavy atom. The molecule has 0 bridgehead atoms. The number of benzene rings is 1. The molecule has 84 valence electrons. The van der Waals surface area contributed by atoms with Gasteiger partial charge in [-0.25, -0.2) is 0 Å². The normalized spacial score (nSPS) is 13.0. The zero-order valence-electron chi connectivity index (χ0n) is 9.82. The van der Waals surface area contributed by atoms with Crippen LogP contribution < -0.4 is 11.3 Å². The van der Waals surface area contributed by atoms with Gasteiger partial charge in [0.25, 0.3) is 5.56 Å². The Bertz CT molecular complexity index is 597. The van der Waals surface area contributed by atoms with Crippen LogP contribution in [0.4, 0.5) is 0 Å². The van der Waals surface area contributed by atoms with Gasteiger partial charge in [-0.15, -0.1) is 0 Å². The Labute approximate surface area is 94.5 Å². The van der Waals surface area contributed by atoms with Crippen LogP contribution in [0.15, 0.2) is 29.1 Å². The molecule has 0 saturated heterocycles. The molecular weight excluding hydrogens is 200 g/mol. The van der Waals surface area contributed by atoms with Crippen molar-refractivity contribution < 1.29 is 0 Å². The van der Waals surface area contributed by atoms with Crippen LogP contribution in [0.1, 0.15) is 24.1 Å². The lowest BCUT2D eigenvalue weighted by atomic mass is 10.1. The lowest BCUT2D eigenvalue weighted by molar-refractivity contribution is 0.772. The molecule has 3 nitrogen and oxygen atoms in total. The Kier molecular flexibility index (Phi) is 2.56. The second-order valence-corrected chi connectivity index (χ2v) is 4.31. The summed E-state index contributed by atoms with van der Waals surface area (Å²) in [5.74, 6) is 0. The van der Waals surface area contributed by atoms with Gasteiger partial charge in [-0.1, -0.05) is 11.6 Å². The Morgan fingerprint density at radius 2 is 2.00 bits per heavy atom. The molecule has 0 aliphatic rings. The van der Waals surface area contributed by atoms with Gasteiger partial charge in [0.05, 0.1) is 5.52 Å². The number of hydrogen-bond donors (Lipinski definition) is 1. The molecule has 0 aliphatic carbocycles. The van der Waals surface area contributed by atoms with E-state index in [4.69, 9.17) is 5.73 Å². The number of hydrogen-bond acceptors (Lipinski definition) is 2. The summed E-state index contributed by atoms with van der Waals surface area (Å²) in [4.78, 5) is 12.0. The summed E-state index contributed by atoms with van der Waals surface area (Å²) >= 11 is 0. The lowest BCUT2D eigenvalue weighted by Crippen LogP contribution is -2.25. The monoisotopic (exact) mass is 216 g/mol. The van der Waals surface area contributed by atoms with E-state index < -0.39 is 0 Å². The van der Waals surface area contributed by atoms with Crippen molar-refractivity contribution in [3.63, 3.8) is 0 Å². The van der Waals surface area contributed by atoms with Crippen LogP contribution in [0.2, 0.25) is 0 Å². The van der Waals surface area contributed by atoms with Gasteiger partial charge in [0.2, 0.25) is 0 Å². The summed E-state index contributed by atoms with van der Waals surface area (Å²) in [6.45, 7) is 3.87. The van der Waals surface area contributed by atoms with Crippen molar-refractivity contribution in [2.24, 2.45) is 12.8 Å². The van der Waals surface area contributed by atoms with Gasteiger partial charge in [0.15, 0.2) is 0 Å². The summed E-state index contributed by atoms with van der Waals surface area (Å²) in [5.41, 5.74) is 8.59. The summed E-state index contributed by atoms with van der Waals surface area (Å²) in [7, 11) is 1.78. The number of aromatic nitrogens is 1. The zero-order chi connectivity index (χ0) is 11.9. The highest BCUT2D eigenvalue weighted by atomic mass is 16.1. The molecule has 0 fully saturated rings. The van der Waals surface area contributed by atoms with Gasteiger partial charge in [0.1, 0.15) is 0 Å². The average Bonchev–Trinajstić information content (AvgIpc) is 2.22. The number of nitrogens with two attached hydrogens (primary N) is 1. The zero-order valence-corrected chi connectivity index (χ0v) is 9.82. The summed E-state index contributed by atoms with van der Waals surface area (Å²) in [5, 5.41) is 1.06. The molecule has 0 spiro atoms. The molecule has 2 N–H and O–H groups in total. The predicted octanol–water partition coefficient (Wildman–Crippen LogP) is 1.87. The van der Waals surface area contributed by atoms with Crippen LogP contribution in [-0.2, 0) is 7.05 Å². The highest BCUT2D eigenvalue weighted by molar-refractivity contribution is 5.80. The van der Waals surface area contributed by atoms with Crippen molar-refractivity contribution in [3.05, 3.63) is 45.7 Å². The van der Waals surface area contributed by atoms with E-state index in [1.165, 1.54) is 5.56 Å². The average molecular weight is 216 g/mol. The van der Waals surface area contributed by atoms with Gasteiger partial charge >= 0.3 is 0 Å². The van der Waals surface area contributed by atoms with Crippen molar-refractivity contribution in [1.82, 2.24) is 4.57 Å². The van der Waals surface area contributed by atoms with Crippen LogP contribution in [0.5, 0.6) is 0 Å². The van der Waals surface area contributed by atoms with Gasteiger partial charge in [-0.05, 0) is 37.4 Å². The van der Waals surface area contributed by atoms with Gasteiger partial charge in [-0.2, -0.15) is 0 Å². The molecule has 0 amide bonds. The molecule has 0 radical (unpaired) electrons. The maximum Gasteiger partial charge on any atom is 0.255 e. The van der Waals surface area contributed by atoms with E-state index in [-0.39, 0.29) is 11.6 Å². The van der Waals surface area contributed by atoms with Crippen molar-refractivity contribution in [1.29, 1.82) is 0 Å². The smallest absolute Gasteiger partial charge is 0.255 e. The summed E-state index contributed by atoms with van der Waals surface area (Å²) in [6, 6.07) is 7.71. The van der Waals surface area contributed by atoms with Gasteiger partial charge in [-0.3, -0.25) is 4.79 Å². The highest BCUT2D eigenvalue weighted by Crippen LogP contribution is 2.17. The number of fused-ring (bicyclic) bond motifs is 1. The van der Waals surface area contributed by atoms with E-state index in [9.17, 15) is 4.79 Å². The fourth-order valence-corrected chi connectivity index (χ4v) is 1.95. The van der Waals surface area contributed by atoms with Crippen molar-refractivity contribution >= 4 is 10.9 Å². The number of nitrogens with zero attached hydrogens (tertiary/aromatic N) is 1. The molecule has 2 rings (SSSR count). The fourth-order valence-electron chi connectivity index (χ4n) is 1.95. The van der Waals surface area contributed by atoms with Crippen LogP contribution in [0, 0.1) is 6.92 Å². The fraction of sp³-hybridized carbons (Fsp3) is 0.308. The third-order valence-corrected chi connectivity index (χ3v) is 2.90. The number of aryl methyl sites for hydroxylation is 2. The number of rotatable bonds is 1. The molecule has 3 heteroatoms. The van der Waals surface area contributed by atoms with Crippen LogP contribution in [-0.4, -0.2) is 4.57 Å². The minimum atomic E-state index is -0.233. The minimum absolute atomic E-state index is 0.00801. The first-order valence-corrected chi connectivity index (χ1v) is 5.36. The van der Waals surface area contributed by atoms with Crippen LogP contribution in [0.3, 0.4) is 0 Å². The van der Waals surface area contributed by atoms with Crippen molar-refractivity contribution in [2.75, 3.05) is 0 Å². The lowest BCUT2D eigenvalue weighted by Gasteiger charge is -2.11. The van der Waals surface area contributed by atoms with E-state index in [1.807, 2.05) is 32.0 Å². The molecule has 1 atom stereocenters. The standard InChI is InChI=1S/C13H16N2O/c1-8-4-5-12-10(6-8)7-11(9(2)14)13(16)15(12)3/h4-7,9H,14H2,1-3H3. The molecule has 1 heterocycles. The molecule has 16 heavy (non-hydrogen) atoms. The van der Waals surface area contributed by atoms with E-state index in [0.717, 1.165) is 10.9 Å². The largest absolute Gasteiger partial charge is 0.324 e. The minimum Gasteiger partial charge on any atom is -0.324 e. The first kappa shape index (κ1) is 10.9. The summed E-state index contributed by atoms with van der Waals surface area (Å²) in [6.07, 6.45) is 0. The maximum absolute atomic E-state index is 12.0. The van der Waals surface area contributed by atoms with Crippen molar-refractivity contribution in [3.8, 4) is 0 Å². The molecule has 0 aliphatic heterocycles. The first-order chi connectivity index (χ1) is 7.50. The molecule has 1 aromatic carbocycles. The second-order valence-electron chi connectivity index (χ2n) is 4.31. The van der Waals surface area contributed by atoms with Gasteiger partial charge in [0, 0.05) is 18.7 Å². The SMILES string of the molecule is Cc1ccc2c(c1)cc(C(C)N)c(=O)n2C. The van der Waals surface area contributed by atoms with Crippen LogP contribution >= 0.6 is 0 Å². The van der Waals surface area contributed by atoms with E-state index in [0.29, 0.717) is 5.56 Å². The maximum atomic E-state index is 12.0. The molecule has 2 aromatic rings. The molecule has 1 unspecified atom stereocenters. The van der Waals surface area contributed by atoms with Crippen molar-refractivity contribution in [2.45, 2.75) is 19.9 Å². The topological polar surface area (TPSA) is 48.0 Å². The van der Waals surface area contributed by atoms with Gasteiger partial charge < -0.3 is 10.3 Å². The number of pyridine rings is 1.